The molecule has 174 valence electrons. The minimum Gasteiger partial charge on any atom is -0.373 e. The smallest absolute Gasteiger partial charge is 0.290 e. The molecule has 0 saturated heterocycles. The number of ketones is 1. The van der Waals surface area contributed by atoms with Crippen molar-refractivity contribution in [2.45, 2.75) is 63.7 Å². The van der Waals surface area contributed by atoms with E-state index in [1.807, 2.05) is 24.8 Å². The summed E-state index contributed by atoms with van der Waals surface area (Å²) in [6.07, 6.45) is -0.794. The van der Waals surface area contributed by atoms with Gasteiger partial charge in [-0.2, -0.15) is 5.16 Å². The highest BCUT2D eigenvalue weighted by atomic mass is 28.3. The normalized spacial score (nSPS) is 17.7. The van der Waals surface area contributed by atoms with Crippen molar-refractivity contribution in [2.75, 3.05) is 0 Å². The molecule has 32 heavy (non-hydrogen) atoms. The molecule has 0 spiro atoms. The number of nitrogens with one attached hydrogen (secondary N) is 2. The third-order valence-electron chi connectivity index (χ3n) is 5.83. The largest absolute Gasteiger partial charge is 0.373 e. The molecule has 6 nitrogen and oxygen atoms in total. The minimum atomic E-state index is -2.79. The second-order valence-electron chi connectivity index (χ2n) is 9.43. The van der Waals surface area contributed by atoms with Crippen LogP contribution in [-0.2, 0) is 11.2 Å². The molecule has 1 aliphatic carbocycles. The summed E-state index contributed by atoms with van der Waals surface area (Å²) in [7, 11) is -1.89. The molecule has 1 saturated carbocycles. The molecule has 1 aromatic heterocycles. The molecule has 3 rings (SSSR count). The highest BCUT2D eigenvalue weighted by Gasteiger charge is 2.40. The molecule has 1 unspecified atom stereocenters. The molecular formula is C22H27F3N2O4Si. The van der Waals surface area contributed by atoms with Crippen LogP contribution in [0.3, 0.4) is 0 Å². The van der Waals surface area contributed by atoms with Gasteiger partial charge in [-0.15, -0.1) is 0 Å². The Morgan fingerprint density at radius 2 is 1.88 bits per heavy atom. The van der Waals surface area contributed by atoms with Crippen LogP contribution in [0.15, 0.2) is 33.6 Å². The van der Waals surface area contributed by atoms with Gasteiger partial charge < -0.3 is 9.84 Å². The van der Waals surface area contributed by atoms with Crippen molar-refractivity contribution in [2.24, 2.45) is 5.92 Å². The summed E-state index contributed by atoms with van der Waals surface area (Å²) in [5, 5.41) is 5.18. The van der Waals surface area contributed by atoms with Crippen molar-refractivity contribution in [3.05, 3.63) is 51.8 Å². The Labute approximate surface area is 184 Å². The van der Waals surface area contributed by atoms with E-state index in [1.54, 1.807) is 12.1 Å². The van der Waals surface area contributed by atoms with Crippen molar-refractivity contribution in [3.8, 4) is 0 Å². The molecule has 1 heterocycles. The zero-order valence-electron chi connectivity index (χ0n) is 18.3. The Morgan fingerprint density at radius 3 is 2.41 bits per heavy atom. The quantitative estimate of drug-likeness (QED) is 0.610. The van der Waals surface area contributed by atoms with E-state index in [0.29, 0.717) is 10.8 Å². The second-order valence-corrected chi connectivity index (χ2v) is 14.5. The van der Waals surface area contributed by atoms with Gasteiger partial charge in [0.2, 0.25) is 11.7 Å². The lowest BCUT2D eigenvalue weighted by atomic mass is 9.79. The molecule has 1 fully saturated rings. The van der Waals surface area contributed by atoms with Crippen LogP contribution in [0, 0.1) is 11.7 Å². The Hall–Kier alpha value is -2.62. The Morgan fingerprint density at radius 1 is 1.22 bits per heavy atom. The van der Waals surface area contributed by atoms with Gasteiger partial charge in [0.15, 0.2) is 5.78 Å². The van der Waals surface area contributed by atoms with E-state index in [1.165, 1.54) is 6.07 Å². The fourth-order valence-electron chi connectivity index (χ4n) is 4.05. The molecule has 0 bridgehead atoms. The van der Waals surface area contributed by atoms with Gasteiger partial charge in [0.1, 0.15) is 5.82 Å². The average Bonchev–Trinajstić information content (AvgIpc) is 3.12. The van der Waals surface area contributed by atoms with E-state index >= 15 is 0 Å². The minimum absolute atomic E-state index is 0.0592. The number of carbonyl (C=O) groups is 2. The summed E-state index contributed by atoms with van der Waals surface area (Å²) in [5.41, 5.74) is -0.170. The number of aromatic amines is 1. The lowest BCUT2D eigenvalue weighted by Gasteiger charge is -2.33. The van der Waals surface area contributed by atoms with E-state index in [4.69, 9.17) is 4.52 Å². The molecule has 0 aliphatic heterocycles. The van der Waals surface area contributed by atoms with E-state index in [9.17, 15) is 27.6 Å². The number of halogens is 3. The molecule has 1 aromatic carbocycles. The standard InChI is InChI=1S/C22H27F3N2O4Si/c1-32(2,3)18-5-4-13(10-15(18)23)11-16(28)20(14-6-8-22(24,25)9-7-14)26-21(30)17-12-19(29)27-31-17/h4-5,10,12,14,20H,6-9,11H2,1-3H3,(H,26,30)(H,27,29). The third kappa shape index (κ3) is 5.79. The summed E-state index contributed by atoms with van der Waals surface area (Å²) >= 11 is 0. The third-order valence-corrected chi connectivity index (χ3v) is 7.86. The second kappa shape index (κ2) is 9.09. The maximum atomic E-state index is 14.6. The highest BCUT2D eigenvalue weighted by molar-refractivity contribution is 6.88. The van der Waals surface area contributed by atoms with Gasteiger partial charge in [0.25, 0.3) is 11.5 Å². The molecule has 2 aromatic rings. The zero-order valence-corrected chi connectivity index (χ0v) is 19.3. The summed E-state index contributed by atoms with van der Waals surface area (Å²) in [4.78, 5) is 36.9. The van der Waals surface area contributed by atoms with Gasteiger partial charge in [0, 0.05) is 19.3 Å². The van der Waals surface area contributed by atoms with E-state index in [2.05, 4.69) is 5.32 Å². The monoisotopic (exact) mass is 468 g/mol. The maximum absolute atomic E-state index is 14.6. The van der Waals surface area contributed by atoms with Crippen molar-refractivity contribution < 1.29 is 27.3 Å². The van der Waals surface area contributed by atoms with E-state index < -0.39 is 43.2 Å². The first-order valence-corrected chi connectivity index (χ1v) is 14.0. The lowest BCUT2D eigenvalue weighted by molar-refractivity contribution is -0.123. The number of hydrogen-bond acceptors (Lipinski definition) is 4. The fraction of sp³-hybridized carbons (Fsp3) is 0.500. The van der Waals surface area contributed by atoms with Gasteiger partial charge >= 0.3 is 0 Å². The number of benzene rings is 1. The SMILES string of the molecule is C[Si](C)(C)c1ccc(CC(=O)C(NC(=O)c2cc(=O)[nH]o2)C2CCC(F)(F)CC2)cc1F. The van der Waals surface area contributed by atoms with Crippen LogP contribution < -0.4 is 16.1 Å². The number of alkyl halides is 2. The Balaban J connectivity index is 1.80. The van der Waals surface area contributed by atoms with Crippen LogP contribution in [0.2, 0.25) is 19.6 Å². The predicted octanol–water partition coefficient (Wildman–Crippen LogP) is 3.39. The Kier molecular flexibility index (Phi) is 6.82. The number of amides is 1. The summed E-state index contributed by atoms with van der Waals surface area (Å²) in [5.74, 6) is -5.17. The average molecular weight is 469 g/mol. The number of hydrogen-bond donors (Lipinski definition) is 2. The van der Waals surface area contributed by atoms with Crippen LogP contribution in [-0.4, -0.2) is 36.9 Å². The summed E-state index contributed by atoms with van der Waals surface area (Å²) in [6.45, 7) is 6.04. The van der Waals surface area contributed by atoms with E-state index in [-0.39, 0.29) is 43.7 Å². The van der Waals surface area contributed by atoms with Gasteiger partial charge in [-0.25, -0.2) is 13.2 Å². The molecule has 1 aliphatic rings. The topological polar surface area (TPSA) is 92.2 Å². The molecule has 2 N–H and O–H groups in total. The number of Topliss-reactive ketones (excluding diaryl/α,β-unsaturated/α-hetero) is 1. The number of H-pyrrole nitrogens is 1. The number of aromatic nitrogens is 1. The zero-order chi connectivity index (χ0) is 23.7. The van der Waals surface area contributed by atoms with Gasteiger partial charge in [0.05, 0.1) is 20.2 Å². The van der Waals surface area contributed by atoms with Gasteiger partial charge in [-0.3, -0.25) is 14.4 Å². The van der Waals surface area contributed by atoms with Crippen molar-refractivity contribution in [1.29, 1.82) is 0 Å². The van der Waals surface area contributed by atoms with Crippen LogP contribution >= 0.6 is 0 Å². The predicted molar refractivity (Wildman–Crippen MR) is 116 cm³/mol. The molecule has 0 radical (unpaired) electrons. The first-order valence-electron chi connectivity index (χ1n) is 10.5. The van der Waals surface area contributed by atoms with Crippen LogP contribution in [0.5, 0.6) is 0 Å². The first-order chi connectivity index (χ1) is 14.9. The van der Waals surface area contributed by atoms with Crippen LogP contribution in [0.25, 0.3) is 0 Å². The van der Waals surface area contributed by atoms with Crippen molar-refractivity contribution in [3.63, 3.8) is 0 Å². The van der Waals surface area contributed by atoms with Gasteiger partial charge in [-0.05, 0) is 35.6 Å². The number of rotatable bonds is 7. The van der Waals surface area contributed by atoms with Crippen LogP contribution in [0.4, 0.5) is 13.2 Å². The summed E-state index contributed by atoms with van der Waals surface area (Å²) < 4.78 is 46.6. The molecule has 1 amide bonds. The summed E-state index contributed by atoms with van der Waals surface area (Å²) in [6, 6.07) is 4.58. The maximum Gasteiger partial charge on any atom is 0.290 e. The van der Waals surface area contributed by atoms with Gasteiger partial charge in [-0.1, -0.05) is 31.8 Å². The molecule has 10 heteroatoms. The van der Waals surface area contributed by atoms with Crippen LogP contribution in [0.1, 0.15) is 41.8 Å². The Bertz CT molecular complexity index is 1050. The lowest BCUT2D eigenvalue weighted by Crippen LogP contribution is -2.48. The first kappa shape index (κ1) is 24.0. The number of carbonyl (C=O) groups excluding carboxylic acids is 2. The molecule has 1 atom stereocenters. The van der Waals surface area contributed by atoms with Crippen molar-refractivity contribution >= 4 is 25.0 Å². The van der Waals surface area contributed by atoms with E-state index in [0.717, 1.165) is 6.07 Å². The molecular weight excluding hydrogens is 441 g/mol. The van der Waals surface area contributed by atoms with Crippen molar-refractivity contribution in [1.82, 2.24) is 10.5 Å². The fourth-order valence-corrected chi connectivity index (χ4v) is 5.42. The highest BCUT2D eigenvalue weighted by Crippen LogP contribution is 2.37.